The summed E-state index contributed by atoms with van der Waals surface area (Å²) < 4.78 is 18.6. The molecule has 0 atom stereocenters. The Hall–Kier alpha value is -4.99. The number of hydrogen-bond donors (Lipinski definition) is 3. The van der Waals surface area contributed by atoms with Crippen LogP contribution in [-0.4, -0.2) is 41.8 Å². The molecule has 0 aliphatic carbocycles. The minimum Gasteiger partial charge on any atom is -0.483 e. The minimum atomic E-state index is -0.729. The molecule has 188 valence electrons. The van der Waals surface area contributed by atoms with Crippen molar-refractivity contribution in [3.63, 3.8) is 0 Å². The first kappa shape index (κ1) is 25.1. The van der Waals surface area contributed by atoms with Gasteiger partial charge < -0.3 is 20.7 Å². The largest absolute Gasteiger partial charge is 0.483 e. The molecule has 0 aromatic heterocycles. The lowest BCUT2D eigenvalue weighted by Crippen LogP contribution is -2.38. The summed E-state index contributed by atoms with van der Waals surface area (Å²) in [7, 11) is 0. The van der Waals surface area contributed by atoms with Gasteiger partial charge in [0, 0.05) is 16.9 Å². The molecule has 9 nitrogen and oxygen atoms in total. The zero-order valence-corrected chi connectivity index (χ0v) is 19.8. The van der Waals surface area contributed by atoms with E-state index in [4.69, 9.17) is 4.74 Å². The van der Waals surface area contributed by atoms with Gasteiger partial charge >= 0.3 is 6.03 Å². The molecule has 1 aliphatic rings. The minimum absolute atomic E-state index is 0.0415. The van der Waals surface area contributed by atoms with Gasteiger partial charge in [-0.3, -0.25) is 14.4 Å². The quantitative estimate of drug-likeness (QED) is 0.321. The molecule has 3 aromatic rings. The second kappa shape index (κ2) is 11.2. The van der Waals surface area contributed by atoms with Crippen LogP contribution < -0.4 is 20.7 Å². The highest BCUT2D eigenvalue weighted by Crippen LogP contribution is 2.23. The van der Waals surface area contributed by atoms with E-state index in [-0.39, 0.29) is 12.3 Å². The molecule has 1 saturated heterocycles. The summed E-state index contributed by atoms with van der Waals surface area (Å²) in [5, 5.41) is 7.71. The number of rotatable bonds is 8. The van der Waals surface area contributed by atoms with Crippen LogP contribution in [0.1, 0.15) is 11.1 Å². The number of nitrogens with one attached hydrogen (secondary N) is 3. The van der Waals surface area contributed by atoms with Crippen LogP contribution in [0.25, 0.3) is 6.08 Å². The topological polar surface area (TPSA) is 117 Å². The first-order chi connectivity index (χ1) is 17.8. The highest BCUT2D eigenvalue weighted by Gasteiger charge is 2.35. The number of urea groups is 1. The smallest absolute Gasteiger partial charge is 0.329 e. The molecule has 3 aromatic carbocycles. The van der Waals surface area contributed by atoms with Crippen LogP contribution >= 0.6 is 0 Å². The zero-order chi connectivity index (χ0) is 26.4. The van der Waals surface area contributed by atoms with Crippen molar-refractivity contribution >= 4 is 41.2 Å². The Labute approximate surface area is 211 Å². The van der Waals surface area contributed by atoms with E-state index in [1.807, 2.05) is 13.0 Å². The van der Waals surface area contributed by atoms with Gasteiger partial charge in [-0.15, -0.1) is 0 Å². The van der Waals surface area contributed by atoms with E-state index in [9.17, 15) is 23.6 Å². The number of aryl methyl sites for hydroxylation is 1. The summed E-state index contributed by atoms with van der Waals surface area (Å²) in [6, 6.07) is 18.3. The van der Waals surface area contributed by atoms with Gasteiger partial charge in [-0.25, -0.2) is 14.1 Å². The van der Waals surface area contributed by atoms with Crippen molar-refractivity contribution < 1.29 is 28.3 Å². The molecule has 1 fully saturated rings. The van der Waals surface area contributed by atoms with Crippen molar-refractivity contribution in [1.82, 2.24) is 10.2 Å². The summed E-state index contributed by atoms with van der Waals surface area (Å²) in [6.07, 6.45) is 1.41. The number of benzene rings is 3. The standard InChI is InChI=1S/C27H23FN4O5/c1-17-5-4-7-21(13-17)30-24(33)15-32-26(35)22(31-27(32)36)14-18-6-2-3-8-23(18)37-16-25(34)29-20-11-9-19(28)10-12-20/h2-14H,15-16H2,1H3,(H,29,34)(H,30,33)(H,31,36)/b22-14+. The Morgan fingerprint density at radius 1 is 0.946 bits per heavy atom. The molecule has 0 saturated carbocycles. The highest BCUT2D eigenvalue weighted by atomic mass is 19.1. The van der Waals surface area contributed by atoms with Crippen molar-refractivity contribution in [2.75, 3.05) is 23.8 Å². The lowest BCUT2D eigenvalue weighted by atomic mass is 10.1. The summed E-state index contributed by atoms with van der Waals surface area (Å²) in [6.45, 7) is 1.07. The number of anilines is 2. The van der Waals surface area contributed by atoms with Gasteiger partial charge in [0.1, 0.15) is 23.8 Å². The van der Waals surface area contributed by atoms with E-state index < -0.39 is 36.1 Å². The third kappa shape index (κ3) is 6.57. The first-order valence-electron chi connectivity index (χ1n) is 11.3. The maximum atomic E-state index is 13.0. The van der Waals surface area contributed by atoms with Gasteiger partial charge in [0.15, 0.2) is 6.61 Å². The fourth-order valence-electron chi connectivity index (χ4n) is 3.54. The van der Waals surface area contributed by atoms with Gasteiger partial charge in [0.25, 0.3) is 11.8 Å². The fourth-order valence-corrected chi connectivity index (χ4v) is 3.54. The number of ether oxygens (including phenoxy) is 1. The van der Waals surface area contributed by atoms with Crippen LogP contribution in [0.15, 0.2) is 78.5 Å². The number of nitrogens with zero attached hydrogens (tertiary/aromatic N) is 1. The molecule has 1 heterocycles. The van der Waals surface area contributed by atoms with Crippen molar-refractivity contribution in [3.05, 3.63) is 95.4 Å². The third-order valence-corrected chi connectivity index (χ3v) is 5.27. The Bertz CT molecular complexity index is 1390. The third-order valence-electron chi connectivity index (χ3n) is 5.27. The number of amides is 5. The molecule has 0 bridgehead atoms. The summed E-state index contributed by atoms with van der Waals surface area (Å²) in [4.78, 5) is 50.6. The van der Waals surface area contributed by atoms with Gasteiger partial charge in [-0.05, 0) is 61.0 Å². The van der Waals surface area contributed by atoms with Gasteiger partial charge in [0.05, 0.1) is 0 Å². The van der Waals surface area contributed by atoms with Crippen molar-refractivity contribution in [1.29, 1.82) is 0 Å². The van der Waals surface area contributed by atoms with E-state index in [0.717, 1.165) is 10.5 Å². The molecule has 1 aliphatic heterocycles. The Morgan fingerprint density at radius 3 is 2.43 bits per heavy atom. The molecule has 0 radical (unpaired) electrons. The number of hydrogen-bond acceptors (Lipinski definition) is 5. The predicted octanol–water partition coefficient (Wildman–Crippen LogP) is 3.68. The SMILES string of the molecule is Cc1cccc(NC(=O)CN2C(=O)N/C(=C/c3ccccc3OCC(=O)Nc3ccc(F)cc3)C2=O)c1. The zero-order valence-electron chi connectivity index (χ0n) is 19.8. The number of carbonyl (C=O) groups excluding carboxylic acids is 4. The number of para-hydroxylation sites is 1. The van der Waals surface area contributed by atoms with Crippen molar-refractivity contribution in [2.45, 2.75) is 6.92 Å². The number of halogens is 1. The molecule has 5 amide bonds. The average molecular weight is 503 g/mol. The lowest BCUT2D eigenvalue weighted by molar-refractivity contribution is -0.127. The molecule has 37 heavy (non-hydrogen) atoms. The molecule has 0 spiro atoms. The Morgan fingerprint density at radius 2 is 1.68 bits per heavy atom. The predicted molar refractivity (Wildman–Crippen MR) is 135 cm³/mol. The van der Waals surface area contributed by atoms with Gasteiger partial charge in [0.2, 0.25) is 5.91 Å². The maximum Gasteiger partial charge on any atom is 0.329 e. The summed E-state index contributed by atoms with van der Waals surface area (Å²) in [5.74, 6) is -1.79. The molecular formula is C27H23FN4O5. The van der Waals surface area contributed by atoms with E-state index in [1.54, 1.807) is 42.5 Å². The normalized spacial score (nSPS) is 13.9. The van der Waals surface area contributed by atoms with Crippen molar-refractivity contribution in [3.8, 4) is 5.75 Å². The highest BCUT2D eigenvalue weighted by molar-refractivity contribution is 6.16. The summed E-state index contributed by atoms with van der Waals surface area (Å²) >= 11 is 0. The first-order valence-corrected chi connectivity index (χ1v) is 11.3. The van der Waals surface area contributed by atoms with Crippen LogP contribution in [0, 0.1) is 12.7 Å². The van der Waals surface area contributed by atoms with Gasteiger partial charge in [-0.1, -0.05) is 30.3 Å². The maximum absolute atomic E-state index is 13.0. The van der Waals surface area contributed by atoms with E-state index in [1.165, 1.54) is 30.3 Å². The lowest BCUT2D eigenvalue weighted by Gasteiger charge is -2.12. The van der Waals surface area contributed by atoms with E-state index >= 15 is 0 Å². The second-order valence-corrected chi connectivity index (χ2v) is 8.18. The van der Waals surface area contributed by atoms with Crippen LogP contribution in [0.3, 0.4) is 0 Å². The fraction of sp³-hybridized carbons (Fsp3) is 0.111. The van der Waals surface area contributed by atoms with Crippen LogP contribution in [0.4, 0.5) is 20.6 Å². The monoisotopic (exact) mass is 502 g/mol. The second-order valence-electron chi connectivity index (χ2n) is 8.18. The van der Waals surface area contributed by atoms with Crippen LogP contribution in [0.2, 0.25) is 0 Å². The molecule has 0 unspecified atom stereocenters. The van der Waals surface area contributed by atoms with E-state index in [2.05, 4.69) is 16.0 Å². The number of carbonyl (C=O) groups is 4. The molecular weight excluding hydrogens is 479 g/mol. The summed E-state index contributed by atoms with van der Waals surface area (Å²) in [5.41, 5.74) is 2.32. The molecule has 4 rings (SSSR count). The van der Waals surface area contributed by atoms with Crippen LogP contribution in [0.5, 0.6) is 5.75 Å². The molecule has 10 heteroatoms. The molecule has 3 N–H and O–H groups in total. The van der Waals surface area contributed by atoms with Gasteiger partial charge in [-0.2, -0.15) is 0 Å². The average Bonchev–Trinajstić information content (AvgIpc) is 3.12. The van der Waals surface area contributed by atoms with Crippen molar-refractivity contribution in [2.24, 2.45) is 0 Å². The van der Waals surface area contributed by atoms with Crippen LogP contribution in [-0.2, 0) is 14.4 Å². The Kier molecular flexibility index (Phi) is 7.58. The Balaban J connectivity index is 1.39. The van der Waals surface area contributed by atoms with E-state index in [0.29, 0.717) is 22.7 Å². The number of imide groups is 1.